The van der Waals surface area contributed by atoms with Crippen molar-refractivity contribution in [2.75, 3.05) is 5.73 Å². The molecule has 10 heteroatoms. The van der Waals surface area contributed by atoms with Crippen molar-refractivity contribution in [1.82, 2.24) is 9.97 Å². The molecule has 0 spiro atoms. The number of nitrogens with two attached hydrogens (primary N) is 2. The van der Waals surface area contributed by atoms with Crippen molar-refractivity contribution in [1.29, 1.82) is 0 Å². The number of nitrogen functional groups attached to an aromatic ring is 1. The molecule has 108 valence electrons. The van der Waals surface area contributed by atoms with E-state index in [9.17, 15) is 19.7 Å². The van der Waals surface area contributed by atoms with Crippen LogP contribution in [-0.4, -0.2) is 20.8 Å². The molecule has 0 atom stereocenters. The van der Waals surface area contributed by atoms with Crippen molar-refractivity contribution in [3.8, 4) is 0 Å². The Balaban J connectivity index is 2.46. The van der Waals surface area contributed by atoms with Crippen molar-refractivity contribution < 1.29 is 9.72 Å². The number of benzene rings is 1. The molecule has 9 nitrogen and oxygen atoms in total. The summed E-state index contributed by atoms with van der Waals surface area (Å²) in [6, 6.07) is 4.86. The van der Waals surface area contributed by atoms with Gasteiger partial charge in [-0.3, -0.25) is 19.7 Å². The van der Waals surface area contributed by atoms with E-state index in [0.717, 1.165) is 23.9 Å². The van der Waals surface area contributed by atoms with Crippen molar-refractivity contribution >= 4 is 29.2 Å². The van der Waals surface area contributed by atoms with Crippen LogP contribution >= 0.6 is 11.8 Å². The molecule has 5 N–H and O–H groups in total. The minimum Gasteiger partial charge on any atom is -0.383 e. The predicted molar refractivity (Wildman–Crippen MR) is 75.0 cm³/mol. The maximum absolute atomic E-state index is 11.3. The minimum atomic E-state index is -0.773. The number of aromatic nitrogens is 2. The number of carbonyl (C=O) groups excluding carboxylic acids is 1. The number of primary amides is 1. The summed E-state index contributed by atoms with van der Waals surface area (Å²) in [5.41, 5.74) is 9.74. The van der Waals surface area contributed by atoms with Gasteiger partial charge in [-0.2, -0.15) is 0 Å². The maximum atomic E-state index is 11.3. The van der Waals surface area contributed by atoms with Gasteiger partial charge in [-0.25, -0.2) is 4.98 Å². The van der Waals surface area contributed by atoms with Gasteiger partial charge >= 0.3 is 0 Å². The fourth-order valence-electron chi connectivity index (χ4n) is 1.51. The smallest absolute Gasteiger partial charge is 0.284 e. The van der Waals surface area contributed by atoms with Gasteiger partial charge in [0.15, 0.2) is 5.16 Å². The second-order valence-electron chi connectivity index (χ2n) is 3.88. The van der Waals surface area contributed by atoms with E-state index in [0.29, 0.717) is 0 Å². The van der Waals surface area contributed by atoms with E-state index in [1.807, 2.05) is 0 Å². The number of carbonyl (C=O) groups is 1. The first kappa shape index (κ1) is 14.5. The van der Waals surface area contributed by atoms with Crippen LogP contribution in [-0.2, 0) is 0 Å². The third-order valence-corrected chi connectivity index (χ3v) is 3.34. The van der Waals surface area contributed by atoms with Gasteiger partial charge in [0.1, 0.15) is 5.82 Å². The van der Waals surface area contributed by atoms with Crippen molar-refractivity contribution in [2.24, 2.45) is 5.73 Å². The molecular weight excluding hydrogens is 298 g/mol. The Bertz CT molecular complexity index is 788. The summed E-state index contributed by atoms with van der Waals surface area (Å²) in [6.07, 6.45) is 0. The molecule has 0 aliphatic rings. The second kappa shape index (κ2) is 5.63. The summed E-state index contributed by atoms with van der Waals surface area (Å²) < 4.78 is 0. The van der Waals surface area contributed by atoms with E-state index < -0.39 is 16.4 Å². The lowest BCUT2D eigenvalue weighted by molar-refractivity contribution is -0.387. The Morgan fingerprint density at radius 2 is 2.10 bits per heavy atom. The lowest BCUT2D eigenvalue weighted by Gasteiger charge is -2.04. The molecule has 0 radical (unpaired) electrons. The van der Waals surface area contributed by atoms with E-state index in [1.54, 1.807) is 0 Å². The number of nitrogens with zero attached hydrogens (tertiary/aromatic N) is 2. The summed E-state index contributed by atoms with van der Waals surface area (Å²) in [7, 11) is 0. The number of aromatic amines is 1. The van der Waals surface area contributed by atoms with Gasteiger partial charge in [-0.1, -0.05) is 0 Å². The highest BCUT2D eigenvalue weighted by atomic mass is 32.2. The molecule has 0 saturated carbocycles. The highest BCUT2D eigenvalue weighted by Gasteiger charge is 2.18. The summed E-state index contributed by atoms with van der Waals surface area (Å²) in [4.78, 5) is 39.2. The zero-order valence-electron chi connectivity index (χ0n) is 10.4. The number of nitrogens with one attached hydrogen (secondary N) is 1. The number of rotatable bonds is 4. The van der Waals surface area contributed by atoms with Crippen LogP contribution in [0, 0.1) is 10.1 Å². The second-order valence-corrected chi connectivity index (χ2v) is 4.91. The highest BCUT2D eigenvalue weighted by Crippen LogP contribution is 2.33. The molecule has 2 aromatic rings. The Kier molecular flexibility index (Phi) is 3.89. The van der Waals surface area contributed by atoms with Crippen LogP contribution in [0.1, 0.15) is 10.4 Å². The Morgan fingerprint density at radius 3 is 2.67 bits per heavy atom. The van der Waals surface area contributed by atoms with E-state index in [2.05, 4.69) is 9.97 Å². The van der Waals surface area contributed by atoms with Crippen molar-refractivity contribution in [2.45, 2.75) is 10.1 Å². The van der Waals surface area contributed by atoms with E-state index in [4.69, 9.17) is 11.5 Å². The molecule has 1 heterocycles. The molecular formula is C11H9N5O4S. The lowest BCUT2D eigenvalue weighted by atomic mass is 10.2. The third-order valence-electron chi connectivity index (χ3n) is 2.39. The third kappa shape index (κ3) is 3.36. The molecule has 0 fully saturated rings. The first-order valence-electron chi connectivity index (χ1n) is 5.50. The SMILES string of the molecule is NC(=O)c1ccc(Sc2nc(N)cc(=O)[nH]2)c([N+](=O)[O-])c1. The van der Waals surface area contributed by atoms with Crippen LogP contribution in [0.3, 0.4) is 0 Å². The monoisotopic (exact) mass is 307 g/mol. The van der Waals surface area contributed by atoms with Crippen LogP contribution in [0.5, 0.6) is 0 Å². The van der Waals surface area contributed by atoms with E-state index in [-0.39, 0.29) is 27.1 Å². The number of hydrogen-bond acceptors (Lipinski definition) is 7. The normalized spacial score (nSPS) is 10.3. The summed E-state index contributed by atoms with van der Waals surface area (Å²) >= 11 is 0.851. The van der Waals surface area contributed by atoms with Crippen LogP contribution in [0.25, 0.3) is 0 Å². The fraction of sp³-hybridized carbons (Fsp3) is 0. The maximum Gasteiger partial charge on any atom is 0.284 e. The van der Waals surface area contributed by atoms with E-state index >= 15 is 0 Å². The van der Waals surface area contributed by atoms with Gasteiger partial charge in [0.2, 0.25) is 5.91 Å². The fourth-order valence-corrected chi connectivity index (χ4v) is 2.39. The van der Waals surface area contributed by atoms with Crippen LogP contribution < -0.4 is 17.0 Å². The zero-order valence-corrected chi connectivity index (χ0v) is 11.2. The van der Waals surface area contributed by atoms with E-state index in [1.165, 1.54) is 12.1 Å². The molecule has 0 bridgehead atoms. The molecule has 0 aliphatic heterocycles. The number of amides is 1. The number of nitro groups is 1. The van der Waals surface area contributed by atoms with Gasteiger partial charge in [0.25, 0.3) is 11.2 Å². The lowest BCUT2D eigenvalue weighted by Crippen LogP contribution is -2.11. The molecule has 1 aromatic carbocycles. The molecule has 1 aromatic heterocycles. The quantitative estimate of drug-likeness (QED) is 0.421. The summed E-state index contributed by atoms with van der Waals surface area (Å²) in [5, 5.41) is 11.2. The largest absolute Gasteiger partial charge is 0.383 e. The average Bonchev–Trinajstić information content (AvgIpc) is 2.37. The summed E-state index contributed by atoms with van der Waals surface area (Å²) in [6.45, 7) is 0. The summed E-state index contributed by atoms with van der Waals surface area (Å²) in [5.74, 6) is -0.775. The topological polar surface area (TPSA) is 158 Å². The number of nitro benzene ring substituents is 1. The Morgan fingerprint density at radius 1 is 1.38 bits per heavy atom. The molecule has 0 unspecified atom stereocenters. The van der Waals surface area contributed by atoms with Crippen LogP contribution in [0.15, 0.2) is 39.1 Å². The Labute approximate surface area is 121 Å². The van der Waals surface area contributed by atoms with Gasteiger partial charge in [0.05, 0.1) is 9.82 Å². The number of hydrogen-bond donors (Lipinski definition) is 3. The number of H-pyrrole nitrogens is 1. The number of anilines is 1. The Hall–Kier alpha value is -2.88. The molecule has 0 aliphatic carbocycles. The molecule has 1 amide bonds. The average molecular weight is 307 g/mol. The minimum absolute atomic E-state index is 0.00217. The highest BCUT2D eigenvalue weighted by molar-refractivity contribution is 7.99. The van der Waals surface area contributed by atoms with Crippen LogP contribution in [0.4, 0.5) is 11.5 Å². The first-order valence-corrected chi connectivity index (χ1v) is 6.31. The van der Waals surface area contributed by atoms with Gasteiger partial charge in [0, 0.05) is 17.7 Å². The van der Waals surface area contributed by atoms with Crippen molar-refractivity contribution in [3.63, 3.8) is 0 Å². The van der Waals surface area contributed by atoms with Crippen molar-refractivity contribution in [3.05, 3.63) is 50.3 Å². The standard InChI is InChI=1S/C11H9N5O4S/c12-8-4-9(17)15-11(14-8)21-7-2-1-5(10(13)18)3-6(7)16(19)20/h1-4H,(H2,13,18)(H3,12,14,15,17). The first-order chi connectivity index (χ1) is 9.86. The van der Waals surface area contributed by atoms with Gasteiger partial charge < -0.3 is 16.5 Å². The molecule has 0 saturated heterocycles. The van der Waals surface area contributed by atoms with Crippen LogP contribution in [0.2, 0.25) is 0 Å². The molecule has 2 rings (SSSR count). The molecule has 21 heavy (non-hydrogen) atoms. The predicted octanol–water partition coefficient (Wildman–Crippen LogP) is 0.510. The zero-order chi connectivity index (χ0) is 15.6. The van der Waals surface area contributed by atoms with Gasteiger partial charge in [-0.05, 0) is 23.9 Å². The van der Waals surface area contributed by atoms with Gasteiger partial charge in [-0.15, -0.1) is 0 Å².